The van der Waals surface area contributed by atoms with E-state index in [0.717, 1.165) is 31.3 Å². The number of ether oxygens (including phenoxy) is 2. The Balaban J connectivity index is 2.49. The van der Waals surface area contributed by atoms with Crippen molar-refractivity contribution in [3.05, 3.63) is 29.3 Å². The molecule has 0 aromatic heterocycles. The predicted octanol–water partition coefficient (Wildman–Crippen LogP) is 1.28. The molecule has 1 saturated heterocycles. The summed E-state index contributed by atoms with van der Waals surface area (Å²) in [7, 11) is 2.18. The molecule has 0 spiro atoms. The van der Waals surface area contributed by atoms with Crippen LogP contribution in [0.3, 0.4) is 0 Å². The first-order valence-electron chi connectivity index (χ1n) is 6.35. The van der Waals surface area contributed by atoms with Gasteiger partial charge in [0.05, 0.1) is 25.8 Å². The van der Waals surface area contributed by atoms with Crippen LogP contribution in [-0.4, -0.2) is 38.6 Å². The van der Waals surface area contributed by atoms with E-state index in [-0.39, 0.29) is 13.0 Å². The van der Waals surface area contributed by atoms with Crippen molar-refractivity contribution in [1.82, 2.24) is 0 Å². The summed E-state index contributed by atoms with van der Waals surface area (Å²) in [5, 5.41) is 0. The summed E-state index contributed by atoms with van der Waals surface area (Å²) in [6.45, 7) is -0.199. The van der Waals surface area contributed by atoms with Crippen molar-refractivity contribution in [1.29, 1.82) is 0 Å². The SMILES string of the molecule is COC(=O)c1c(F)ccc(F)c1N1CC(C(=O)OC)CC1=O. The summed E-state index contributed by atoms with van der Waals surface area (Å²) in [5.74, 6) is -5.12. The van der Waals surface area contributed by atoms with Crippen LogP contribution in [0, 0.1) is 17.6 Å². The maximum absolute atomic E-state index is 14.1. The van der Waals surface area contributed by atoms with Gasteiger partial charge in [-0.1, -0.05) is 0 Å². The minimum Gasteiger partial charge on any atom is -0.469 e. The van der Waals surface area contributed by atoms with Gasteiger partial charge in [-0.3, -0.25) is 9.59 Å². The quantitative estimate of drug-likeness (QED) is 0.786. The molecule has 8 heteroatoms. The molecular formula is C14H13F2NO5. The highest BCUT2D eigenvalue weighted by atomic mass is 19.1. The molecule has 1 atom stereocenters. The third-order valence-electron chi connectivity index (χ3n) is 3.40. The van der Waals surface area contributed by atoms with Gasteiger partial charge >= 0.3 is 11.9 Å². The first-order valence-corrected chi connectivity index (χ1v) is 6.35. The van der Waals surface area contributed by atoms with Crippen LogP contribution in [-0.2, 0) is 19.1 Å². The zero-order valence-electron chi connectivity index (χ0n) is 11.9. The van der Waals surface area contributed by atoms with Gasteiger partial charge in [-0.25, -0.2) is 13.6 Å². The molecule has 1 aromatic carbocycles. The summed E-state index contributed by atoms with van der Waals surface area (Å²) in [4.78, 5) is 36.1. The number of amides is 1. The normalized spacial score (nSPS) is 17.5. The van der Waals surface area contributed by atoms with Gasteiger partial charge in [0.25, 0.3) is 0 Å². The number of halogens is 2. The van der Waals surface area contributed by atoms with Gasteiger partial charge < -0.3 is 14.4 Å². The Kier molecular flexibility index (Phi) is 4.39. The smallest absolute Gasteiger partial charge is 0.343 e. The molecule has 1 aliphatic heterocycles. The molecule has 1 fully saturated rings. The van der Waals surface area contributed by atoms with Gasteiger partial charge in [-0.2, -0.15) is 0 Å². The van der Waals surface area contributed by atoms with Crippen LogP contribution in [0.4, 0.5) is 14.5 Å². The maximum Gasteiger partial charge on any atom is 0.343 e. The standard InChI is InChI=1S/C14H13F2NO5/c1-21-13(19)7-5-10(18)17(6-7)12-9(16)4-3-8(15)11(12)14(20)22-2/h3-4,7H,5-6H2,1-2H3. The Morgan fingerprint density at radius 1 is 1.18 bits per heavy atom. The van der Waals surface area contributed by atoms with E-state index in [1.165, 1.54) is 0 Å². The Morgan fingerprint density at radius 3 is 2.41 bits per heavy atom. The van der Waals surface area contributed by atoms with Gasteiger partial charge in [0, 0.05) is 13.0 Å². The minimum atomic E-state index is -1.11. The van der Waals surface area contributed by atoms with Gasteiger partial charge in [-0.15, -0.1) is 0 Å². The lowest BCUT2D eigenvalue weighted by Gasteiger charge is -2.20. The highest BCUT2D eigenvalue weighted by Crippen LogP contribution is 2.33. The van der Waals surface area contributed by atoms with Crippen LogP contribution < -0.4 is 4.90 Å². The molecule has 1 aromatic rings. The second-order valence-corrected chi connectivity index (χ2v) is 4.67. The van der Waals surface area contributed by atoms with Crippen molar-refractivity contribution in [2.24, 2.45) is 5.92 Å². The van der Waals surface area contributed by atoms with Gasteiger partial charge in [0.1, 0.15) is 17.2 Å². The second kappa shape index (κ2) is 6.08. The van der Waals surface area contributed by atoms with E-state index in [1.54, 1.807) is 0 Å². The number of rotatable bonds is 3. The average molecular weight is 313 g/mol. The van der Waals surface area contributed by atoms with Crippen molar-refractivity contribution < 1.29 is 32.6 Å². The molecule has 6 nitrogen and oxygen atoms in total. The van der Waals surface area contributed by atoms with Gasteiger partial charge in [-0.05, 0) is 12.1 Å². The fourth-order valence-electron chi connectivity index (χ4n) is 2.35. The van der Waals surface area contributed by atoms with Gasteiger partial charge in [0.2, 0.25) is 5.91 Å². The molecule has 1 unspecified atom stereocenters. The number of hydrogen-bond acceptors (Lipinski definition) is 5. The third kappa shape index (κ3) is 2.63. The van der Waals surface area contributed by atoms with E-state index >= 15 is 0 Å². The highest BCUT2D eigenvalue weighted by molar-refractivity contribution is 6.05. The van der Waals surface area contributed by atoms with Crippen LogP contribution in [0.25, 0.3) is 0 Å². The van der Waals surface area contributed by atoms with E-state index in [1.807, 2.05) is 0 Å². The molecule has 1 aliphatic rings. The zero-order chi connectivity index (χ0) is 16.4. The average Bonchev–Trinajstić information content (AvgIpc) is 2.89. The molecule has 0 aliphatic carbocycles. The molecule has 0 N–H and O–H groups in total. The van der Waals surface area contributed by atoms with Crippen LogP contribution in [0.15, 0.2) is 12.1 Å². The maximum atomic E-state index is 14.1. The van der Waals surface area contributed by atoms with Crippen LogP contribution >= 0.6 is 0 Å². The first-order chi connectivity index (χ1) is 10.4. The van der Waals surface area contributed by atoms with E-state index in [4.69, 9.17) is 0 Å². The van der Waals surface area contributed by atoms with Crippen molar-refractivity contribution in [3.8, 4) is 0 Å². The summed E-state index contributed by atoms with van der Waals surface area (Å²) in [5.41, 5.74) is -1.20. The lowest BCUT2D eigenvalue weighted by molar-refractivity contribution is -0.145. The van der Waals surface area contributed by atoms with E-state index < -0.39 is 46.6 Å². The summed E-state index contributed by atoms with van der Waals surface area (Å²) >= 11 is 0. The zero-order valence-corrected chi connectivity index (χ0v) is 11.9. The van der Waals surface area contributed by atoms with Gasteiger partial charge in [0.15, 0.2) is 0 Å². The topological polar surface area (TPSA) is 72.9 Å². The second-order valence-electron chi connectivity index (χ2n) is 4.67. The molecule has 2 rings (SSSR count). The number of carbonyl (C=O) groups excluding carboxylic acids is 3. The number of carbonyl (C=O) groups is 3. The number of anilines is 1. The Hall–Kier alpha value is -2.51. The predicted molar refractivity (Wildman–Crippen MR) is 70.2 cm³/mol. The lowest BCUT2D eigenvalue weighted by atomic mass is 10.1. The van der Waals surface area contributed by atoms with Crippen LogP contribution in [0.5, 0.6) is 0 Å². The van der Waals surface area contributed by atoms with Crippen molar-refractivity contribution in [2.45, 2.75) is 6.42 Å². The third-order valence-corrected chi connectivity index (χ3v) is 3.40. The Morgan fingerprint density at radius 2 is 1.82 bits per heavy atom. The molecule has 22 heavy (non-hydrogen) atoms. The Labute approximate surface area is 124 Å². The number of methoxy groups -OCH3 is 2. The van der Waals surface area contributed by atoms with Crippen molar-refractivity contribution in [2.75, 3.05) is 25.7 Å². The number of nitrogens with zero attached hydrogens (tertiary/aromatic N) is 1. The summed E-state index contributed by atoms with van der Waals surface area (Å²) in [6.07, 6.45) is -0.205. The molecule has 0 saturated carbocycles. The summed E-state index contributed by atoms with van der Waals surface area (Å²) < 4.78 is 36.9. The number of benzene rings is 1. The first kappa shape index (κ1) is 15.9. The van der Waals surface area contributed by atoms with Crippen LogP contribution in [0.2, 0.25) is 0 Å². The molecule has 1 amide bonds. The van der Waals surface area contributed by atoms with Crippen molar-refractivity contribution in [3.63, 3.8) is 0 Å². The van der Waals surface area contributed by atoms with Crippen molar-refractivity contribution >= 4 is 23.5 Å². The molecular weight excluding hydrogens is 300 g/mol. The van der Waals surface area contributed by atoms with E-state index in [2.05, 4.69) is 9.47 Å². The molecule has 0 bridgehead atoms. The summed E-state index contributed by atoms with van der Waals surface area (Å²) in [6, 6.07) is 1.57. The fraction of sp³-hybridized carbons (Fsp3) is 0.357. The largest absolute Gasteiger partial charge is 0.469 e. The van der Waals surface area contributed by atoms with E-state index in [9.17, 15) is 23.2 Å². The van der Waals surface area contributed by atoms with E-state index in [0.29, 0.717) is 0 Å². The van der Waals surface area contributed by atoms with Crippen LogP contribution in [0.1, 0.15) is 16.8 Å². The molecule has 118 valence electrons. The minimum absolute atomic E-state index is 0.199. The molecule has 1 heterocycles. The Bertz CT molecular complexity index is 646. The highest BCUT2D eigenvalue weighted by Gasteiger charge is 2.39. The monoisotopic (exact) mass is 313 g/mol. The number of esters is 2. The molecule has 0 radical (unpaired) electrons. The fourth-order valence-corrected chi connectivity index (χ4v) is 2.35. The number of hydrogen-bond donors (Lipinski definition) is 0. The lowest BCUT2D eigenvalue weighted by Crippen LogP contribution is -2.29.